The molecule has 1 aromatic heterocycles. The number of benzene rings is 2. The Morgan fingerprint density at radius 3 is 2.64 bits per heavy atom. The van der Waals surface area contributed by atoms with Crippen LogP contribution in [-0.4, -0.2) is 48.9 Å². The van der Waals surface area contributed by atoms with Crippen molar-refractivity contribution in [1.29, 1.82) is 0 Å². The Morgan fingerprint density at radius 1 is 1.21 bits per heavy atom. The summed E-state index contributed by atoms with van der Waals surface area (Å²) in [6.07, 6.45) is 0. The third-order valence-electron chi connectivity index (χ3n) is 4.97. The van der Waals surface area contributed by atoms with Crippen LogP contribution in [0.1, 0.15) is 11.3 Å². The number of sulfonamides is 1. The molecule has 0 unspecified atom stereocenters. The number of nitro benzene ring substituents is 1. The van der Waals surface area contributed by atoms with Gasteiger partial charge in [0.05, 0.1) is 28.7 Å². The molecule has 1 fully saturated rings. The monoisotopic (exact) mass is 490 g/mol. The van der Waals surface area contributed by atoms with E-state index >= 15 is 0 Å². The Kier molecular flexibility index (Phi) is 6.88. The molecule has 12 heteroatoms. The van der Waals surface area contributed by atoms with E-state index in [2.05, 4.69) is 10.3 Å². The van der Waals surface area contributed by atoms with Gasteiger partial charge in [0, 0.05) is 30.2 Å². The van der Waals surface area contributed by atoms with Gasteiger partial charge in [-0.05, 0) is 31.2 Å². The molecule has 1 aliphatic heterocycles. The molecule has 0 saturated carbocycles. The Labute approximate surface area is 195 Å². The largest absolute Gasteiger partial charge is 0.480 e. The summed E-state index contributed by atoms with van der Waals surface area (Å²) < 4.78 is 37.7. The van der Waals surface area contributed by atoms with Crippen molar-refractivity contribution in [2.24, 2.45) is 0 Å². The van der Waals surface area contributed by atoms with E-state index in [-0.39, 0.29) is 43.6 Å². The molecule has 3 aromatic rings. The summed E-state index contributed by atoms with van der Waals surface area (Å²) in [6.45, 7) is 3.00. The van der Waals surface area contributed by atoms with Gasteiger partial charge in [-0.1, -0.05) is 17.7 Å². The van der Waals surface area contributed by atoms with E-state index in [0.29, 0.717) is 10.8 Å². The molecule has 1 saturated heterocycles. The summed E-state index contributed by atoms with van der Waals surface area (Å²) >= 11 is 1.38. The van der Waals surface area contributed by atoms with Crippen molar-refractivity contribution in [3.8, 4) is 5.75 Å². The number of morpholine rings is 1. The van der Waals surface area contributed by atoms with E-state index in [1.54, 1.807) is 5.38 Å². The fourth-order valence-electron chi connectivity index (χ4n) is 3.20. The number of anilines is 2. The number of thiazole rings is 1. The Balaban J connectivity index is 1.46. The van der Waals surface area contributed by atoms with E-state index < -0.39 is 20.6 Å². The van der Waals surface area contributed by atoms with Gasteiger partial charge in [-0.2, -0.15) is 4.31 Å². The molecule has 0 radical (unpaired) electrons. The fraction of sp³-hybridized carbons (Fsp3) is 0.286. The average Bonchev–Trinajstić information content (AvgIpc) is 3.27. The molecule has 0 aliphatic carbocycles. The number of ether oxygens (including phenoxy) is 2. The highest BCUT2D eigenvalue weighted by atomic mass is 32.2. The predicted octanol–water partition coefficient (Wildman–Crippen LogP) is 3.70. The van der Waals surface area contributed by atoms with Gasteiger partial charge in [0.2, 0.25) is 10.0 Å². The molecule has 0 amide bonds. The van der Waals surface area contributed by atoms with Crippen LogP contribution in [0.3, 0.4) is 0 Å². The smallest absolute Gasteiger partial charge is 0.312 e. The van der Waals surface area contributed by atoms with Gasteiger partial charge in [-0.15, -0.1) is 11.3 Å². The molecular formula is C21H22N4O6S2. The van der Waals surface area contributed by atoms with Crippen molar-refractivity contribution in [1.82, 2.24) is 9.29 Å². The number of hydrogen-bond donors (Lipinski definition) is 1. The van der Waals surface area contributed by atoms with Crippen LogP contribution in [-0.2, 0) is 21.4 Å². The maximum Gasteiger partial charge on any atom is 0.312 e. The molecule has 4 rings (SSSR count). The first-order valence-corrected chi connectivity index (χ1v) is 12.4. The molecule has 2 heterocycles. The lowest BCUT2D eigenvalue weighted by atomic mass is 10.2. The second-order valence-corrected chi connectivity index (χ2v) is 10.1. The number of aromatic nitrogens is 1. The predicted molar refractivity (Wildman–Crippen MR) is 124 cm³/mol. The number of hydrogen-bond acceptors (Lipinski definition) is 9. The van der Waals surface area contributed by atoms with Crippen LogP contribution >= 0.6 is 11.3 Å². The average molecular weight is 491 g/mol. The van der Waals surface area contributed by atoms with Crippen LogP contribution in [0.5, 0.6) is 5.75 Å². The van der Waals surface area contributed by atoms with Gasteiger partial charge in [-0.3, -0.25) is 10.1 Å². The molecule has 2 aromatic carbocycles. The Hall–Kier alpha value is -3.06. The van der Waals surface area contributed by atoms with E-state index in [1.807, 2.05) is 31.2 Å². The van der Waals surface area contributed by atoms with Crippen LogP contribution in [0.15, 0.2) is 52.7 Å². The van der Waals surface area contributed by atoms with E-state index in [0.717, 1.165) is 17.3 Å². The summed E-state index contributed by atoms with van der Waals surface area (Å²) in [7, 11) is -3.86. The molecule has 0 bridgehead atoms. The van der Waals surface area contributed by atoms with Crippen LogP contribution in [0.4, 0.5) is 16.5 Å². The summed E-state index contributed by atoms with van der Waals surface area (Å²) in [4.78, 5) is 15.2. The first kappa shape index (κ1) is 23.1. The van der Waals surface area contributed by atoms with Crippen molar-refractivity contribution >= 4 is 37.9 Å². The quantitative estimate of drug-likeness (QED) is 0.374. The summed E-state index contributed by atoms with van der Waals surface area (Å²) in [6, 6.07) is 11.5. The highest BCUT2D eigenvalue weighted by Gasteiger charge is 2.29. The third kappa shape index (κ3) is 5.47. The number of aryl methyl sites for hydroxylation is 1. The normalized spacial score (nSPS) is 14.7. The van der Waals surface area contributed by atoms with Crippen molar-refractivity contribution < 1.29 is 22.8 Å². The number of rotatable bonds is 8. The third-order valence-corrected chi connectivity index (χ3v) is 7.67. The highest BCUT2D eigenvalue weighted by Crippen LogP contribution is 2.32. The Morgan fingerprint density at radius 2 is 1.94 bits per heavy atom. The van der Waals surface area contributed by atoms with Crippen LogP contribution in [0.2, 0.25) is 0 Å². The molecule has 0 spiro atoms. The van der Waals surface area contributed by atoms with E-state index in [4.69, 9.17) is 9.47 Å². The number of nitrogens with zero attached hydrogens (tertiary/aromatic N) is 3. The molecule has 1 aliphatic rings. The summed E-state index contributed by atoms with van der Waals surface area (Å²) in [5.41, 5.74) is 2.22. The van der Waals surface area contributed by atoms with Gasteiger partial charge in [0.1, 0.15) is 6.61 Å². The van der Waals surface area contributed by atoms with Gasteiger partial charge < -0.3 is 14.8 Å². The minimum absolute atomic E-state index is 0.00246. The second-order valence-electron chi connectivity index (χ2n) is 7.33. The van der Waals surface area contributed by atoms with Crippen LogP contribution in [0.25, 0.3) is 0 Å². The Bertz CT molecular complexity index is 1240. The lowest BCUT2D eigenvalue weighted by Gasteiger charge is -2.26. The molecule has 174 valence electrons. The first-order chi connectivity index (χ1) is 15.8. The zero-order valence-electron chi connectivity index (χ0n) is 17.8. The minimum atomic E-state index is -3.86. The molecule has 10 nitrogen and oxygen atoms in total. The maximum atomic E-state index is 12.8. The highest BCUT2D eigenvalue weighted by molar-refractivity contribution is 7.89. The first-order valence-electron chi connectivity index (χ1n) is 10.1. The van der Waals surface area contributed by atoms with Crippen molar-refractivity contribution in [2.45, 2.75) is 18.4 Å². The minimum Gasteiger partial charge on any atom is -0.480 e. The van der Waals surface area contributed by atoms with Gasteiger partial charge in [-0.25, -0.2) is 13.4 Å². The van der Waals surface area contributed by atoms with Crippen molar-refractivity contribution in [2.75, 3.05) is 31.6 Å². The van der Waals surface area contributed by atoms with E-state index in [1.165, 1.54) is 27.8 Å². The van der Waals surface area contributed by atoms with Crippen LogP contribution in [0, 0.1) is 17.0 Å². The standard InChI is InChI=1S/C21H22N4O6S2/c1-15-2-4-16(5-3-15)22-21-23-17(14-32-21)13-31-20-7-6-18(12-19(20)25(26)27)33(28,29)24-8-10-30-11-9-24/h2-7,12,14H,8-11,13H2,1H3,(H,22,23). The molecular weight excluding hydrogens is 468 g/mol. The van der Waals surface area contributed by atoms with Crippen molar-refractivity contribution in [3.63, 3.8) is 0 Å². The lowest BCUT2D eigenvalue weighted by Crippen LogP contribution is -2.40. The molecule has 0 atom stereocenters. The van der Waals surface area contributed by atoms with Gasteiger partial charge in [0.15, 0.2) is 10.9 Å². The summed E-state index contributed by atoms with van der Waals surface area (Å²) in [5, 5.41) is 17.2. The van der Waals surface area contributed by atoms with E-state index in [9.17, 15) is 18.5 Å². The zero-order valence-corrected chi connectivity index (χ0v) is 19.4. The topological polar surface area (TPSA) is 124 Å². The summed E-state index contributed by atoms with van der Waals surface area (Å²) in [5.74, 6) is -0.0260. The van der Waals surface area contributed by atoms with Crippen molar-refractivity contribution in [3.05, 3.63) is 69.2 Å². The number of nitro groups is 1. The molecule has 1 N–H and O–H groups in total. The SMILES string of the molecule is Cc1ccc(Nc2nc(COc3ccc(S(=O)(=O)N4CCOCC4)cc3[N+](=O)[O-])cs2)cc1. The van der Waals surface area contributed by atoms with Gasteiger partial charge >= 0.3 is 5.69 Å². The number of nitrogens with one attached hydrogen (secondary N) is 1. The lowest BCUT2D eigenvalue weighted by molar-refractivity contribution is -0.386. The van der Waals surface area contributed by atoms with Crippen LogP contribution < -0.4 is 10.1 Å². The molecule has 33 heavy (non-hydrogen) atoms. The fourth-order valence-corrected chi connectivity index (χ4v) is 5.34. The maximum absolute atomic E-state index is 12.8. The van der Waals surface area contributed by atoms with Gasteiger partial charge in [0.25, 0.3) is 0 Å². The second kappa shape index (κ2) is 9.83. The zero-order chi connectivity index (χ0) is 23.4.